The first-order chi connectivity index (χ1) is 11.3. The van der Waals surface area contributed by atoms with Gasteiger partial charge in [-0.25, -0.2) is 0 Å². The fourth-order valence-corrected chi connectivity index (χ4v) is 2.09. The molecule has 0 unspecified atom stereocenters. The van der Waals surface area contributed by atoms with Gasteiger partial charge >= 0.3 is 6.18 Å². The highest BCUT2D eigenvalue weighted by atomic mass is 19.4. The van der Waals surface area contributed by atoms with E-state index < -0.39 is 11.7 Å². The van der Waals surface area contributed by atoms with Crippen molar-refractivity contribution in [2.75, 3.05) is 0 Å². The molecule has 2 aromatic rings. The maximum absolute atomic E-state index is 12.5. The summed E-state index contributed by atoms with van der Waals surface area (Å²) in [5.41, 5.74) is 1.52. The van der Waals surface area contributed by atoms with Gasteiger partial charge in [-0.1, -0.05) is 42.2 Å². The number of carbonyl (C=O) groups excluding carboxylic acids is 1. The number of benzene rings is 2. The minimum absolute atomic E-state index is 0.0835. The Morgan fingerprint density at radius 3 is 2.25 bits per heavy atom. The lowest BCUT2D eigenvalue weighted by molar-refractivity contribution is -0.137. The van der Waals surface area contributed by atoms with Gasteiger partial charge in [0.1, 0.15) is 0 Å². The number of allylic oxidation sites excluding steroid dienone is 1. The molecule has 0 atom stereocenters. The van der Waals surface area contributed by atoms with Crippen molar-refractivity contribution in [1.82, 2.24) is 0 Å². The highest BCUT2D eigenvalue weighted by Crippen LogP contribution is 2.28. The van der Waals surface area contributed by atoms with Crippen LogP contribution >= 0.6 is 0 Å². The molecule has 0 N–H and O–H groups in total. The second-order valence-corrected chi connectivity index (χ2v) is 5.43. The van der Waals surface area contributed by atoms with Gasteiger partial charge in [-0.2, -0.15) is 13.2 Å². The fraction of sp³-hybridized carbons (Fsp3) is 0.150. The molecular weight excluding hydrogens is 313 g/mol. The van der Waals surface area contributed by atoms with Crippen molar-refractivity contribution < 1.29 is 18.0 Å². The number of halogens is 3. The number of Topliss-reactive ketones (excluding diaryl/α,β-unsaturated/α-hetero) is 1. The fourth-order valence-electron chi connectivity index (χ4n) is 2.09. The molecule has 0 aliphatic rings. The number of hydrogen-bond acceptors (Lipinski definition) is 1. The third kappa shape index (κ3) is 4.60. The Bertz CT molecular complexity index is 818. The Morgan fingerprint density at radius 1 is 1.04 bits per heavy atom. The summed E-state index contributed by atoms with van der Waals surface area (Å²) in [4.78, 5) is 12.2. The minimum atomic E-state index is -4.37. The molecule has 2 aromatic carbocycles. The monoisotopic (exact) mass is 328 g/mol. The maximum Gasteiger partial charge on any atom is 0.416 e. The minimum Gasteiger partial charge on any atom is -0.294 e. The van der Waals surface area contributed by atoms with E-state index in [0.717, 1.165) is 17.7 Å². The van der Waals surface area contributed by atoms with Crippen molar-refractivity contribution in [1.29, 1.82) is 0 Å². The van der Waals surface area contributed by atoms with Crippen molar-refractivity contribution >= 4 is 5.78 Å². The van der Waals surface area contributed by atoms with Crippen LogP contribution in [0.1, 0.15) is 40.4 Å². The van der Waals surface area contributed by atoms with Gasteiger partial charge in [0.25, 0.3) is 0 Å². The number of rotatable bonds is 3. The third-order valence-electron chi connectivity index (χ3n) is 3.24. The quantitative estimate of drug-likeness (QED) is 0.427. The number of ketones is 1. The average molecular weight is 328 g/mol. The first kappa shape index (κ1) is 17.6. The molecule has 0 heterocycles. The molecule has 0 fully saturated rings. The summed E-state index contributed by atoms with van der Waals surface area (Å²) in [5.74, 6) is 5.57. The molecule has 0 saturated carbocycles. The predicted octanol–water partition coefficient (Wildman–Crippen LogP) is 5.25. The second kappa shape index (κ2) is 7.18. The zero-order chi connectivity index (χ0) is 17.7. The van der Waals surface area contributed by atoms with E-state index in [2.05, 4.69) is 18.4 Å². The highest BCUT2D eigenvalue weighted by molar-refractivity contribution is 5.99. The lowest BCUT2D eigenvalue weighted by atomic mass is 9.99. The summed E-state index contributed by atoms with van der Waals surface area (Å²) in [6.07, 6.45) is -4.13. The molecule has 122 valence electrons. The van der Waals surface area contributed by atoms with Gasteiger partial charge in [0.15, 0.2) is 5.78 Å². The summed E-state index contributed by atoms with van der Waals surface area (Å²) < 4.78 is 37.6. The predicted molar refractivity (Wildman–Crippen MR) is 87.6 cm³/mol. The van der Waals surface area contributed by atoms with Crippen LogP contribution in [0.5, 0.6) is 0 Å². The molecular formula is C20H15F3O. The molecule has 2 rings (SSSR count). The van der Waals surface area contributed by atoms with Crippen LogP contribution in [0.15, 0.2) is 60.7 Å². The molecule has 4 heteroatoms. The van der Waals surface area contributed by atoms with E-state index in [1.165, 1.54) is 12.1 Å². The SMILES string of the molecule is C=C(C)CC(=O)c1ccccc1C#Cc1ccc(C(F)(F)F)cc1. The van der Waals surface area contributed by atoms with E-state index in [0.29, 0.717) is 16.7 Å². The Hall–Kier alpha value is -2.80. The zero-order valence-electron chi connectivity index (χ0n) is 13.1. The smallest absolute Gasteiger partial charge is 0.294 e. The van der Waals surface area contributed by atoms with Crippen LogP contribution in [-0.4, -0.2) is 5.78 Å². The van der Waals surface area contributed by atoms with E-state index in [-0.39, 0.29) is 12.2 Å². The van der Waals surface area contributed by atoms with E-state index >= 15 is 0 Å². The van der Waals surface area contributed by atoms with Crippen LogP contribution in [0.25, 0.3) is 0 Å². The van der Waals surface area contributed by atoms with Gasteiger partial charge in [0, 0.05) is 23.1 Å². The maximum atomic E-state index is 12.5. The molecule has 0 amide bonds. The lowest BCUT2D eigenvalue weighted by Crippen LogP contribution is -2.04. The molecule has 0 aliphatic heterocycles. The van der Waals surface area contributed by atoms with Gasteiger partial charge < -0.3 is 0 Å². The zero-order valence-corrected chi connectivity index (χ0v) is 13.1. The number of alkyl halides is 3. The van der Waals surface area contributed by atoms with Crippen LogP contribution in [0, 0.1) is 11.8 Å². The first-order valence-electron chi connectivity index (χ1n) is 7.23. The third-order valence-corrected chi connectivity index (χ3v) is 3.24. The van der Waals surface area contributed by atoms with Crippen molar-refractivity contribution in [3.63, 3.8) is 0 Å². The largest absolute Gasteiger partial charge is 0.416 e. The Morgan fingerprint density at radius 2 is 1.67 bits per heavy atom. The van der Waals surface area contributed by atoms with Crippen molar-refractivity contribution in [3.8, 4) is 11.8 Å². The Balaban J connectivity index is 2.28. The van der Waals surface area contributed by atoms with Crippen LogP contribution in [0.4, 0.5) is 13.2 Å². The molecule has 0 bridgehead atoms. The second-order valence-electron chi connectivity index (χ2n) is 5.43. The standard InChI is InChI=1S/C20H15F3O/c1-14(2)13-19(24)18-6-4-3-5-16(18)10-7-15-8-11-17(12-9-15)20(21,22)23/h3-6,8-9,11-12H,1,13H2,2H3. The number of carbonyl (C=O) groups is 1. The summed E-state index contributed by atoms with van der Waals surface area (Å²) >= 11 is 0. The normalized spacial score (nSPS) is 10.7. The van der Waals surface area contributed by atoms with Crippen LogP contribution < -0.4 is 0 Å². The van der Waals surface area contributed by atoms with E-state index in [1.54, 1.807) is 31.2 Å². The van der Waals surface area contributed by atoms with E-state index in [1.807, 2.05) is 0 Å². The highest BCUT2D eigenvalue weighted by Gasteiger charge is 2.29. The first-order valence-corrected chi connectivity index (χ1v) is 7.23. The van der Waals surface area contributed by atoms with Crippen LogP contribution in [0.3, 0.4) is 0 Å². The van der Waals surface area contributed by atoms with Gasteiger partial charge in [-0.3, -0.25) is 4.79 Å². The van der Waals surface area contributed by atoms with Crippen molar-refractivity contribution in [3.05, 3.63) is 82.9 Å². The van der Waals surface area contributed by atoms with E-state index in [4.69, 9.17) is 0 Å². The van der Waals surface area contributed by atoms with Crippen LogP contribution in [0.2, 0.25) is 0 Å². The summed E-state index contributed by atoms with van der Waals surface area (Å²) in [7, 11) is 0. The van der Waals surface area contributed by atoms with Gasteiger partial charge in [0.2, 0.25) is 0 Å². The van der Waals surface area contributed by atoms with Gasteiger partial charge in [-0.15, -0.1) is 0 Å². The van der Waals surface area contributed by atoms with Gasteiger partial charge in [0.05, 0.1) is 5.56 Å². The Kier molecular flexibility index (Phi) is 5.25. The number of hydrogen-bond donors (Lipinski definition) is 0. The molecule has 0 radical (unpaired) electrons. The average Bonchev–Trinajstić information content (AvgIpc) is 2.52. The van der Waals surface area contributed by atoms with Crippen molar-refractivity contribution in [2.45, 2.75) is 19.5 Å². The van der Waals surface area contributed by atoms with Crippen molar-refractivity contribution in [2.24, 2.45) is 0 Å². The Labute approximate surface area is 138 Å². The summed E-state index contributed by atoms with van der Waals surface area (Å²) in [6, 6.07) is 11.5. The molecule has 0 aromatic heterocycles. The van der Waals surface area contributed by atoms with Crippen LogP contribution in [-0.2, 0) is 6.18 Å². The molecule has 1 nitrogen and oxygen atoms in total. The van der Waals surface area contributed by atoms with E-state index in [9.17, 15) is 18.0 Å². The molecule has 0 spiro atoms. The molecule has 0 saturated heterocycles. The molecule has 24 heavy (non-hydrogen) atoms. The summed E-state index contributed by atoms with van der Waals surface area (Å²) in [5, 5.41) is 0. The summed E-state index contributed by atoms with van der Waals surface area (Å²) in [6.45, 7) is 5.50. The molecule has 0 aliphatic carbocycles. The lowest BCUT2D eigenvalue weighted by Gasteiger charge is -2.05. The van der Waals surface area contributed by atoms with Gasteiger partial charge in [-0.05, 0) is 37.3 Å². The topological polar surface area (TPSA) is 17.1 Å².